The van der Waals surface area contributed by atoms with E-state index in [1.807, 2.05) is 0 Å². The van der Waals surface area contributed by atoms with Crippen LogP contribution in [0.2, 0.25) is 0 Å². The van der Waals surface area contributed by atoms with E-state index in [-0.39, 0.29) is 7.92 Å². The fourth-order valence-electron chi connectivity index (χ4n) is 7.83. The van der Waals surface area contributed by atoms with Gasteiger partial charge in [-0.15, -0.1) is 0 Å². The summed E-state index contributed by atoms with van der Waals surface area (Å²) in [6.07, 6.45) is 1.54. The Morgan fingerprint density at radius 1 is 0.536 bits per heavy atom. The highest BCUT2D eigenvalue weighted by Crippen LogP contribution is 2.86. The van der Waals surface area contributed by atoms with E-state index in [9.17, 15) is 0 Å². The molecule has 0 aromatic heterocycles. The zero-order valence-corrected chi connectivity index (χ0v) is 16.8. The van der Waals surface area contributed by atoms with Crippen molar-refractivity contribution in [2.24, 2.45) is 35.5 Å². The molecular weight excluding hydrogens is 355 g/mol. The predicted octanol–water partition coefficient (Wildman–Crippen LogP) is 5.41. The van der Waals surface area contributed by atoms with E-state index >= 15 is 0 Å². The molecule has 0 nitrogen and oxygen atoms in total. The average Bonchev–Trinajstić information content (AvgIpc) is 3.09. The zero-order chi connectivity index (χ0) is 18.2. The molecule has 0 spiro atoms. The van der Waals surface area contributed by atoms with E-state index in [4.69, 9.17) is 0 Å². The first-order valence-corrected chi connectivity index (χ1v) is 12.3. The Hall–Kier alpha value is -1.91. The van der Waals surface area contributed by atoms with E-state index in [1.165, 1.54) is 6.42 Å². The van der Waals surface area contributed by atoms with Gasteiger partial charge in [-0.25, -0.2) is 0 Å². The molecule has 0 unspecified atom stereocenters. The maximum atomic E-state index is 2.43. The van der Waals surface area contributed by atoms with Crippen LogP contribution < -0.4 is 10.6 Å². The van der Waals surface area contributed by atoms with E-state index in [0.717, 1.165) is 47.1 Å². The first kappa shape index (κ1) is 15.9. The first-order chi connectivity index (χ1) is 13.9. The summed E-state index contributed by atoms with van der Waals surface area (Å²) in [6, 6.07) is 34.5. The number of hydrogen-bond donors (Lipinski definition) is 0. The second-order valence-electron chi connectivity index (χ2n) is 9.34. The summed E-state index contributed by atoms with van der Waals surface area (Å²) < 4.78 is 0. The van der Waals surface area contributed by atoms with Crippen molar-refractivity contribution in [1.82, 2.24) is 0 Å². The fourth-order valence-corrected chi connectivity index (χ4v) is 11.3. The van der Waals surface area contributed by atoms with Gasteiger partial charge in [0.25, 0.3) is 0 Å². The van der Waals surface area contributed by atoms with Crippen LogP contribution in [0.4, 0.5) is 0 Å². The van der Waals surface area contributed by atoms with Crippen molar-refractivity contribution in [3.8, 4) is 0 Å². The van der Waals surface area contributed by atoms with Crippen LogP contribution in [0.3, 0.4) is 0 Å². The molecule has 5 aliphatic carbocycles. The maximum Gasteiger partial charge on any atom is -0.00232 e. The maximum absolute atomic E-state index is 2.43. The molecule has 0 saturated heterocycles. The van der Waals surface area contributed by atoms with Crippen molar-refractivity contribution in [3.63, 3.8) is 0 Å². The highest BCUT2D eigenvalue weighted by atomic mass is 31.1. The topological polar surface area (TPSA) is 0 Å². The molecule has 3 aromatic carbocycles. The van der Waals surface area contributed by atoms with Crippen molar-refractivity contribution in [1.29, 1.82) is 0 Å². The minimum absolute atomic E-state index is 0.330. The molecule has 0 radical (unpaired) electrons. The lowest BCUT2D eigenvalue weighted by Crippen LogP contribution is -2.32. The molecule has 5 saturated carbocycles. The van der Waals surface area contributed by atoms with Crippen molar-refractivity contribution >= 4 is 18.5 Å². The van der Waals surface area contributed by atoms with Crippen LogP contribution in [-0.4, -0.2) is 5.66 Å². The van der Waals surface area contributed by atoms with Gasteiger partial charge in [0.05, 0.1) is 0 Å². The Balaban J connectivity index is 1.41. The summed E-state index contributed by atoms with van der Waals surface area (Å²) >= 11 is 0. The normalized spacial score (nSPS) is 38.9. The van der Waals surface area contributed by atoms with Gasteiger partial charge in [-0.3, -0.25) is 0 Å². The Morgan fingerprint density at radius 3 is 1.61 bits per heavy atom. The molecule has 3 aromatic rings. The van der Waals surface area contributed by atoms with Crippen LogP contribution in [0.1, 0.15) is 17.9 Å². The van der Waals surface area contributed by atoms with Gasteiger partial charge in [-0.05, 0) is 77.6 Å². The van der Waals surface area contributed by atoms with Gasteiger partial charge in [-0.2, -0.15) is 0 Å². The van der Waals surface area contributed by atoms with Gasteiger partial charge >= 0.3 is 0 Å². The molecule has 8 atom stereocenters. The second-order valence-corrected chi connectivity index (χ2v) is 11.7. The molecular formula is C27H25P. The lowest BCUT2D eigenvalue weighted by Gasteiger charge is -2.38. The molecule has 28 heavy (non-hydrogen) atoms. The smallest absolute Gasteiger partial charge is 0.00232 e. The van der Waals surface area contributed by atoms with Gasteiger partial charge in [-0.1, -0.05) is 91.0 Å². The zero-order valence-electron chi connectivity index (χ0n) is 15.9. The molecule has 0 heterocycles. The first-order valence-electron chi connectivity index (χ1n) is 10.9. The Morgan fingerprint density at radius 2 is 1.04 bits per heavy atom. The van der Waals surface area contributed by atoms with Crippen molar-refractivity contribution in [2.75, 3.05) is 0 Å². The molecule has 5 aliphatic rings. The summed E-state index contributed by atoms with van der Waals surface area (Å²) in [7, 11) is -0.330. The lowest BCUT2D eigenvalue weighted by atomic mass is 9.82. The molecule has 138 valence electrons. The van der Waals surface area contributed by atoms with E-state index in [1.54, 1.807) is 16.2 Å². The second kappa shape index (κ2) is 5.80. The average molecular weight is 380 g/mol. The van der Waals surface area contributed by atoms with Gasteiger partial charge in [0.1, 0.15) is 0 Å². The summed E-state index contributed by atoms with van der Waals surface area (Å²) in [5.74, 6) is 6.92. The van der Waals surface area contributed by atoms with Gasteiger partial charge in [0, 0.05) is 0 Å². The van der Waals surface area contributed by atoms with Crippen molar-refractivity contribution < 1.29 is 0 Å². The van der Waals surface area contributed by atoms with Crippen LogP contribution in [0.25, 0.3) is 0 Å². The van der Waals surface area contributed by atoms with Crippen LogP contribution in [-0.2, 0) is 0 Å². The van der Waals surface area contributed by atoms with Crippen molar-refractivity contribution in [2.45, 2.75) is 18.0 Å². The minimum atomic E-state index is -0.330. The van der Waals surface area contributed by atoms with E-state index in [0.29, 0.717) is 0 Å². The highest BCUT2D eigenvalue weighted by molar-refractivity contribution is 7.73. The Labute approximate surface area is 168 Å². The summed E-state index contributed by atoms with van der Waals surface area (Å²) in [6.45, 7) is 0. The SMILES string of the molecule is c1ccc([C@H]2[C@@H]3[C@H]4C[C@@H]5[C@H]([C@H]53)[C@H]4[C@@H]2P(c2ccccc2)c2ccccc2)cc1. The van der Waals surface area contributed by atoms with Crippen molar-refractivity contribution in [3.05, 3.63) is 96.6 Å². The third-order valence-electron chi connectivity index (χ3n) is 8.44. The number of hydrogen-bond acceptors (Lipinski definition) is 0. The molecule has 0 N–H and O–H groups in total. The van der Waals surface area contributed by atoms with Crippen LogP contribution in [0.5, 0.6) is 0 Å². The Kier molecular flexibility index (Phi) is 3.31. The van der Waals surface area contributed by atoms with E-state index < -0.39 is 0 Å². The molecule has 0 amide bonds. The largest absolute Gasteiger partial charge is 0.0622 e. The van der Waals surface area contributed by atoms with E-state index in [2.05, 4.69) is 91.0 Å². The Bertz CT molecular complexity index is 959. The highest BCUT2D eigenvalue weighted by Gasteiger charge is 2.80. The van der Waals surface area contributed by atoms with Crippen LogP contribution >= 0.6 is 7.92 Å². The summed E-state index contributed by atoms with van der Waals surface area (Å²) in [5.41, 5.74) is 2.43. The van der Waals surface area contributed by atoms with Gasteiger partial charge in [0.2, 0.25) is 0 Å². The molecule has 6 bridgehead atoms. The lowest BCUT2D eigenvalue weighted by molar-refractivity contribution is 0.397. The quantitative estimate of drug-likeness (QED) is 0.531. The third-order valence-corrected chi connectivity index (χ3v) is 11.4. The molecule has 8 rings (SSSR count). The monoisotopic (exact) mass is 380 g/mol. The fraction of sp³-hybridized carbons (Fsp3) is 0.333. The van der Waals surface area contributed by atoms with Crippen LogP contribution in [0, 0.1) is 35.5 Å². The third kappa shape index (κ3) is 2.00. The minimum Gasteiger partial charge on any atom is -0.0622 e. The summed E-state index contributed by atoms with van der Waals surface area (Å²) in [4.78, 5) is 0. The number of benzene rings is 3. The summed E-state index contributed by atoms with van der Waals surface area (Å²) in [5, 5.41) is 3.16. The molecule has 1 heteroatoms. The van der Waals surface area contributed by atoms with Crippen LogP contribution in [0.15, 0.2) is 91.0 Å². The van der Waals surface area contributed by atoms with Gasteiger partial charge < -0.3 is 0 Å². The standard InChI is InChI=1S/C27H25P/c1-4-10-17(11-5-1)22-23-21-16-20-24(23)25(20)26(21)27(22)28(18-12-6-2-7-13-18)19-14-8-3-9-15-19/h1-15,20-27H,16H2/t20-,21+,22-,23-,24+,25+,26-,27+/m0/s1. The predicted molar refractivity (Wildman–Crippen MR) is 118 cm³/mol. The molecule has 5 fully saturated rings. The number of rotatable bonds is 4. The molecule has 0 aliphatic heterocycles. The van der Waals surface area contributed by atoms with Gasteiger partial charge in [0.15, 0.2) is 0 Å².